The van der Waals surface area contributed by atoms with Crippen LogP contribution in [0.2, 0.25) is 0 Å². The van der Waals surface area contributed by atoms with Crippen molar-refractivity contribution >= 4 is 21.6 Å². The van der Waals surface area contributed by atoms with Crippen molar-refractivity contribution in [1.29, 1.82) is 0 Å². The Bertz CT molecular complexity index is 836. The molecule has 2 rings (SSSR count). The Kier molecular flexibility index (Phi) is 6.70. The summed E-state index contributed by atoms with van der Waals surface area (Å²) in [6.07, 6.45) is 1.43. The zero-order valence-corrected chi connectivity index (χ0v) is 15.4. The molecule has 0 aromatic heterocycles. The molecule has 1 N–H and O–H groups in total. The maximum Gasteiger partial charge on any atom is 0.239 e. The van der Waals surface area contributed by atoms with E-state index < -0.39 is 15.9 Å². The van der Waals surface area contributed by atoms with Crippen LogP contribution in [0.15, 0.2) is 48.5 Å². The average Bonchev–Trinajstić information content (AvgIpc) is 2.59. The van der Waals surface area contributed by atoms with Gasteiger partial charge in [0.2, 0.25) is 15.9 Å². The molecule has 0 aliphatic rings. The van der Waals surface area contributed by atoms with Crippen molar-refractivity contribution in [2.24, 2.45) is 0 Å². The second-order valence-corrected chi connectivity index (χ2v) is 7.73. The number of ether oxygens (including phenoxy) is 1. The maximum absolute atomic E-state index is 12.9. The molecule has 0 heterocycles. The number of carbonyl (C=O) groups is 1. The number of nitrogens with one attached hydrogen (secondary N) is 1. The fourth-order valence-electron chi connectivity index (χ4n) is 2.30. The number of benzene rings is 2. The summed E-state index contributed by atoms with van der Waals surface area (Å²) in [5.74, 6) is -0.146. The summed E-state index contributed by atoms with van der Waals surface area (Å²) < 4.78 is 43.0. The van der Waals surface area contributed by atoms with Crippen LogP contribution in [0.1, 0.15) is 5.56 Å². The summed E-state index contributed by atoms with van der Waals surface area (Å²) >= 11 is 0. The Morgan fingerprint density at radius 2 is 1.73 bits per heavy atom. The van der Waals surface area contributed by atoms with Crippen molar-refractivity contribution in [1.82, 2.24) is 4.31 Å². The fraction of sp³-hybridized carbons (Fsp3) is 0.278. The van der Waals surface area contributed by atoms with Crippen LogP contribution >= 0.6 is 0 Å². The maximum atomic E-state index is 12.9. The highest BCUT2D eigenvalue weighted by molar-refractivity contribution is 7.88. The topological polar surface area (TPSA) is 75.7 Å². The molecule has 0 unspecified atom stereocenters. The zero-order valence-electron chi connectivity index (χ0n) is 14.6. The number of carbonyl (C=O) groups excluding carboxylic acids is 1. The van der Waals surface area contributed by atoms with Crippen molar-refractivity contribution in [3.05, 3.63) is 59.9 Å². The number of hydrogen-bond donors (Lipinski definition) is 1. The standard InChI is InChI=1S/C18H21FN2O4S/c1-25-17-9-7-16(8-10-17)20-18(22)13-21(26(2,23)24)12-11-14-3-5-15(19)6-4-14/h3-10H,11-13H2,1-2H3,(H,20,22). The summed E-state index contributed by atoms with van der Waals surface area (Å²) in [7, 11) is -2.02. The van der Waals surface area contributed by atoms with Crippen molar-refractivity contribution in [2.45, 2.75) is 6.42 Å². The first kappa shape index (κ1) is 19.9. The highest BCUT2D eigenvalue weighted by Gasteiger charge is 2.20. The fourth-order valence-corrected chi connectivity index (χ4v) is 3.08. The third-order valence-electron chi connectivity index (χ3n) is 3.73. The first-order chi connectivity index (χ1) is 12.3. The highest BCUT2D eigenvalue weighted by Crippen LogP contribution is 2.15. The average molecular weight is 380 g/mol. The Hall–Kier alpha value is -2.45. The minimum absolute atomic E-state index is 0.125. The number of anilines is 1. The quantitative estimate of drug-likeness (QED) is 0.762. The van der Waals surface area contributed by atoms with Crippen LogP contribution in [0.25, 0.3) is 0 Å². The summed E-state index contributed by atoms with van der Waals surface area (Å²) in [6, 6.07) is 12.5. The van der Waals surface area contributed by atoms with E-state index in [4.69, 9.17) is 4.74 Å². The Morgan fingerprint density at radius 1 is 1.12 bits per heavy atom. The van der Waals surface area contributed by atoms with Crippen molar-refractivity contribution in [2.75, 3.05) is 31.8 Å². The number of methoxy groups -OCH3 is 1. The summed E-state index contributed by atoms with van der Waals surface area (Å²) in [5, 5.41) is 2.65. The summed E-state index contributed by atoms with van der Waals surface area (Å²) in [5.41, 5.74) is 1.33. The van der Waals surface area contributed by atoms with E-state index in [-0.39, 0.29) is 18.9 Å². The van der Waals surface area contributed by atoms with Gasteiger partial charge in [0.05, 0.1) is 19.9 Å². The van der Waals surface area contributed by atoms with E-state index in [1.54, 1.807) is 43.5 Å². The van der Waals surface area contributed by atoms with Crippen molar-refractivity contribution in [3.63, 3.8) is 0 Å². The van der Waals surface area contributed by atoms with E-state index in [1.165, 1.54) is 12.1 Å². The van der Waals surface area contributed by atoms with Crippen LogP contribution in [0.5, 0.6) is 5.75 Å². The molecule has 0 atom stereocenters. The van der Waals surface area contributed by atoms with Gasteiger partial charge in [-0.05, 0) is 48.4 Å². The second kappa shape index (κ2) is 8.77. The van der Waals surface area contributed by atoms with Gasteiger partial charge < -0.3 is 10.1 Å². The third-order valence-corrected chi connectivity index (χ3v) is 4.98. The zero-order chi connectivity index (χ0) is 19.2. The third kappa shape index (κ3) is 6.12. The lowest BCUT2D eigenvalue weighted by Crippen LogP contribution is -2.38. The van der Waals surface area contributed by atoms with E-state index in [1.807, 2.05) is 0 Å². The van der Waals surface area contributed by atoms with Gasteiger partial charge in [-0.3, -0.25) is 4.79 Å². The lowest BCUT2D eigenvalue weighted by molar-refractivity contribution is -0.116. The predicted octanol–water partition coefficient (Wildman–Crippen LogP) is 2.28. The smallest absolute Gasteiger partial charge is 0.239 e. The molecule has 0 saturated carbocycles. The molecular weight excluding hydrogens is 359 g/mol. The van der Waals surface area contributed by atoms with Crippen molar-refractivity contribution < 1.29 is 22.3 Å². The molecule has 2 aromatic carbocycles. The predicted molar refractivity (Wildman–Crippen MR) is 98.1 cm³/mol. The first-order valence-corrected chi connectivity index (χ1v) is 9.76. The van der Waals surface area contributed by atoms with Gasteiger partial charge in [-0.1, -0.05) is 12.1 Å². The lowest BCUT2D eigenvalue weighted by atomic mass is 10.1. The van der Waals surface area contributed by atoms with Gasteiger partial charge in [0, 0.05) is 12.2 Å². The molecule has 1 amide bonds. The monoisotopic (exact) mass is 380 g/mol. The van der Waals surface area contributed by atoms with E-state index in [9.17, 15) is 17.6 Å². The van der Waals surface area contributed by atoms with Crippen molar-refractivity contribution in [3.8, 4) is 5.75 Å². The molecule has 2 aromatic rings. The van der Waals surface area contributed by atoms with Gasteiger partial charge in [0.15, 0.2) is 0 Å². The van der Waals surface area contributed by atoms with Crippen LogP contribution in [0.4, 0.5) is 10.1 Å². The highest BCUT2D eigenvalue weighted by atomic mass is 32.2. The number of halogens is 1. The normalized spacial score (nSPS) is 11.4. The molecule has 0 aliphatic heterocycles. The molecular formula is C18H21FN2O4S. The van der Waals surface area contributed by atoms with E-state index in [0.29, 0.717) is 17.9 Å². The number of nitrogens with zero attached hydrogens (tertiary/aromatic N) is 1. The SMILES string of the molecule is COc1ccc(NC(=O)CN(CCc2ccc(F)cc2)S(C)(=O)=O)cc1. The lowest BCUT2D eigenvalue weighted by Gasteiger charge is -2.19. The summed E-state index contributed by atoms with van der Waals surface area (Å²) in [6.45, 7) is -0.174. The van der Waals surface area contributed by atoms with Gasteiger partial charge in [-0.25, -0.2) is 12.8 Å². The second-order valence-electron chi connectivity index (χ2n) is 5.75. The number of amides is 1. The minimum atomic E-state index is -3.56. The molecule has 0 fully saturated rings. The first-order valence-electron chi connectivity index (χ1n) is 7.91. The molecule has 0 spiro atoms. The summed E-state index contributed by atoms with van der Waals surface area (Å²) in [4.78, 5) is 12.2. The van der Waals surface area contributed by atoms with Crippen LogP contribution in [0, 0.1) is 5.82 Å². The number of rotatable bonds is 8. The Labute approximate surface area is 152 Å². The van der Waals surface area contributed by atoms with Gasteiger partial charge in [0.1, 0.15) is 11.6 Å². The van der Waals surface area contributed by atoms with Crippen LogP contribution in [-0.4, -0.2) is 45.1 Å². The minimum Gasteiger partial charge on any atom is -0.497 e. The molecule has 0 aliphatic carbocycles. The largest absolute Gasteiger partial charge is 0.497 e. The van der Waals surface area contributed by atoms with E-state index in [0.717, 1.165) is 16.1 Å². The van der Waals surface area contributed by atoms with E-state index >= 15 is 0 Å². The number of hydrogen-bond acceptors (Lipinski definition) is 4. The Balaban J connectivity index is 1.97. The molecule has 140 valence electrons. The van der Waals surface area contributed by atoms with Gasteiger partial charge in [0.25, 0.3) is 0 Å². The molecule has 0 saturated heterocycles. The van der Waals surface area contributed by atoms with E-state index in [2.05, 4.69) is 5.32 Å². The molecule has 8 heteroatoms. The van der Waals surface area contributed by atoms with Gasteiger partial charge in [-0.2, -0.15) is 4.31 Å². The van der Waals surface area contributed by atoms with Crippen LogP contribution in [0.3, 0.4) is 0 Å². The Morgan fingerprint density at radius 3 is 2.27 bits per heavy atom. The molecule has 6 nitrogen and oxygen atoms in total. The van der Waals surface area contributed by atoms with Crippen LogP contribution < -0.4 is 10.1 Å². The molecule has 0 bridgehead atoms. The molecule has 26 heavy (non-hydrogen) atoms. The van der Waals surface area contributed by atoms with Gasteiger partial charge in [-0.15, -0.1) is 0 Å². The molecule has 0 radical (unpaired) electrons. The number of sulfonamides is 1. The van der Waals surface area contributed by atoms with Crippen LogP contribution in [-0.2, 0) is 21.2 Å². The van der Waals surface area contributed by atoms with Gasteiger partial charge >= 0.3 is 0 Å².